The number of nitrogens with one attached hydrogen (secondary N) is 1. The minimum absolute atomic E-state index is 0.0107. The Morgan fingerprint density at radius 2 is 1.96 bits per heavy atom. The molecule has 0 unspecified atom stereocenters. The molecule has 9 heteroatoms. The minimum atomic E-state index is -0.614. The smallest absolute Gasteiger partial charge is 0.412 e. The lowest BCUT2D eigenvalue weighted by atomic mass is 10.3. The van der Waals surface area contributed by atoms with Crippen LogP contribution in [0.3, 0.4) is 0 Å². The number of phenols is 1. The number of benzene rings is 1. The summed E-state index contributed by atoms with van der Waals surface area (Å²) in [5, 5.41) is 20.0. The first-order chi connectivity index (χ1) is 12.0. The van der Waals surface area contributed by atoms with E-state index in [1.807, 2.05) is 19.0 Å². The highest BCUT2D eigenvalue weighted by molar-refractivity contribution is 5.84. The zero-order valence-corrected chi connectivity index (χ0v) is 14.0. The van der Waals surface area contributed by atoms with E-state index in [1.165, 1.54) is 12.1 Å². The number of rotatable bonds is 6. The SMILES string of the molecule is CN(C)CCOC(=O)Nc1ccc(N=Nc2ccccc2O)c(N)n1. The van der Waals surface area contributed by atoms with Gasteiger partial charge in [0, 0.05) is 6.54 Å². The van der Waals surface area contributed by atoms with E-state index in [4.69, 9.17) is 10.5 Å². The van der Waals surface area contributed by atoms with Crippen LogP contribution in [0.5, 0.6) is 5.75 Å². The Balaban J connectivity index is 1.98. The molecule has 2 aromatic rings. The summed E-state index contributed by atoms with van der Waals surface area (Å²) in [5.74, 6) is 0.343. The van der Waals surface area contributed by atoms with Gasteiger partial charge < -0.3 is 20.5 Å². The number of phenolic OH excluding ortho intramolecular Hbond substituents is 1. The van der Waals surface area contributed by atoms with Crippen LogP contribution in [-0.2, 0) is 4.74 Å². The molecule has 132 valence electrons. The molecule has 0 bridgehead atoms. The summed E-state index contributed by atoms with van der Waals surface area (Å²) in [6.07, 6.45) is -0.614. The summed E-state index contributed by atoms with van der Waals surface area (Å²) in [6, 6.07) is 9.62. The van der Waals surface area contributed by atoms with Crippen LogP contribution in [0.4, 0.5) is 27.8 Å². The van der Waals surface area contributed by atoms with Crippen molar-refractivity contribution in [3.63, 3.8) is 0 Å². The highest BCUT2D eigenvalue weighted by atomic mass is 16.5. The number of ether oxygens (including phenoxy) is 1. The lowest BCUT2D eigenvalue weighted by Gasteiger charge is -2.10. The highest BCUT2D eigenvalue weighted by Gasteiger charge is 2.07. The first kappa shape index (κ1) is 18.1. The monoisotopic (exact) mass is 344 g/mol. The molecule has 0 aliphatic carbocycles. The predicted octanol–water partition coefficient (Wildman–Crippen LogP) is 2.89. The van der Waals surface area contributed by atoms with Crippen molar-refractivity contribution in [2.24, 2.45) is 10.2 Å². The maximum absolute atomic E-state index is 11.6. The van der Waals surface area contributed by atoms with Crippen LogP contribution < -0.4 is 11.1 Å². The van der Waals surface area contributed by atoms with E-state index < -0.39 is 6.09 Å². The average molecular weight is 344 g/mol. The Hall–Kier alpha value is -3.20. The van der Waals surface area contributed by atoms with Crippen LogP contribution >= 0.6 is 0 Å². The number of carbonyl (C=O) groups is 1. The summed E-state index contributed by atoms with van der Waals surface area (Å²) >= 11 is 0. The minimum Gasteiger partial charge on any atom is -0.506 e. The van der Waals surface area contributed by atoms with Crippen LogP contribution in [0, 0.1) is 0 Å². The van der Waals surface area contributed by atoms with Gasteiger partial charge in [-0.2, -0.15) is 0 Å². The molecule has 0 aliphatic rings. The van der Waals surface area contributed by atoms with Gasteiger partial charge >= 0.3 is 6.09 Å². The third-order valence-electron chi connectivity index (χ3n) is 3.05. The van der Waals surface area contributed by atoms with Crippen molar-refractivity contribution in [2.45, 2.75) is 0 Å². The van der Waals surface area contributed by atoms with Gasteiger partial charge in [-0.25, -0.2) is 9.78 Å². The molecule has 9 nitrogen and oxygen atoms in total. The molecule has 0 radical (unpaired) electrons. The van der Waals surface area contributed by atoms with Gasteiger partial charge in [0.05, 0.1) is 0 Å². The first-order valence-corrected chi connectivity index (χ1v) is 7.50. The third kappa shape index (κ3) is 5.74. The van der Waals surface area contributed by atoms with Gasteiger partial charge in [-0.3, -0.25) is 5.32 Å². The highest BCUT2D eigenvalue weighted by Crippen LogP contribution is 2.29. The van der Waals surface area contributed by atoms with E-state index in [1.54, 1.807) is 24.3 Å². The number of para-hydroxylation sites is 1. The number of hydrogen-bond acceptors (Lipinski definition) is 8. The Morgan fingerprint density at radius 1 is 1.24 bits per heavy atom. The zero-order chi connectivity index (χ0) is 18.2. The van der Waals surface area contributed by atoms with E-state index in [-0.39, 0.29) is 24.0 Å². The molecule has 1 heterocycles. The molecule has 0 aliphatic heterocycles. The molecule has 0 saturated heterocycles. The summed E-state index contributed by atoms with van der Waals surface area (Å²) in [4.78, 5) is 17.6. The van der Waals surface area contributed by atoms with Crippen molar-refractivity contribution in [1.82, 2.24) is 9.88 Å². The number of hydrogen-bond donors (Lipinski definition) is 3. The van der Waals surface area contributed by atoms with E-state index in [2.05, 4.69) is 20.5 Å². The standard InChI is InChI=1S/C16H20N6O3/c1-22(2)9-10-25-16(24)19-14-8-7-12(15(17)18-14)21-20-11-5-3-4-6-13(11)23/h3-8,23H,9-10H2,1-2H3,(H3,17,18,19,24). The summed E-state index contributed by atoms with van der Waals surface area (Å²) < 4.78 is 5.00. The Kier molecular flexibility index (Phi) is 6.24. The van der Waals surface area contributed by atoms with Gasteiger partial charge in [0.25, 0.3) is 0 Å². The summed E-state index contributed by atoms with van der Waals surface area (Å²) in [6.45, 7) is 0.885. The number of likely N-dealkylation sites (N-methyl/N-ethyl adjacent to an activating group) is 1. The lowest BCUT2D eigenvalue weighted by molar-refractivity contribution is 0.151. The number of anilines is 2. The van der Waals surface area contributed by atoms with Gasteiger partial charge in [-0.1, -0.05) is 12.1 Å². The van der Waals surface area contributed by atoms with Crippen molar-refractivity contribution in [2.75, 3.05) is 38.3 Å². The molecular formula is C16H20N6O3. The predicted molar refractivity (Wildman–Crippen MR) is 94.5 cm³/mol. The molecule has 4 N–H and O–H groups in total. The average Bonchev–Trinajstić information content (AvgIpc) is 2.55. The number of azo groups is 1. The summed E-state index contributed by atoms with van der Waals surface area (Å²) in [7, 11) is 3.76. The second-order valence-electron chi connectivity index (χ2n) is 5.35. The molecule has 1 aromatic heterocycles. The fourth-order valence-electron chi connectivity index (χ4n) is 1.74. The largest absolute Gasteiger partial charge is 0.506 e. The van der Waals surface area contributed by atoms with Crippen LogP contribution in [0.2, 0.25) is 0 Å². The van der Waals surface area contributed by atoms with Crippen molar-refractivity contribution in [3.05, 3.63) is 36.4 Å². The van der Waals surface area contributed by atoms with Crippen LogP contribution in [0.1, 0.15) is 0 Å². The van der Waals surface area contributed by atoms with Crippen LogP contribution in [0.15, 0.2) is 46.6 Å². The second kappa shape index (κ2) is 8.60. The van der Waals surface area contributed by atoms with Crippen LogP contribution in [0.25, 0.3) is 0 Å². The Bertz CT molecular complexity index is 763. The molecule has 1 amide bonds. The maximum Gasteiger partial charge on any atom is 0.412 e. The molecule has 0 spiro atoms. The van der Waals surface area contributed by atoms with Gasteiger partial charge in [-0.15, -0.1) is 10.2 Å². The molecule has 2 rings (SSSR count). The number of aromatic hydroxyl groups is 1. The lowest BCUT2D eigenvalue weighted by Crippen LogP contribution is -2.22. The zero-order valence-electron chi connectivity index (χ0n) is 14.0. The van der Waals surface area contributed by atoms with Crippen molar-refractivity contribution in [1.29, 1.82) is 0 Å². The van der Waals surface area contributed by atoms with Crippen molar-refractivity contribution >= 4 is 29.1 Å². The molecule has 1 aromatic carbocycles. The topological polar surface area (TPSA) is 125 Å². The fourth-order valence-corrected chi connectivity index (χ4v) is 1.74. The summed E-state index contributed by atoms with van der Waals surface area (Å²) in [5.41, 5.74) is 6.44. The van der Waals surface area contributed by atoms with Gasteiger partial charge in [0.1, 0.15) is 29.5 Å². The Morgan fingerprint density at radius 3 is 2.64 bits per heavy atom. The number of carbonyl (C=O) groups excluding carboxylic acids is 1. The number of amides is 1. The number of nitrogen functional groups attached to an aromatic ring is 1. The van der Waals surface area contributed by atoms with Crippen LogP contribution in [-0.4, -0.2) is 48.3 Å². The van der Waals surface area contributed by atoms with E-state index in [9.17, 15) is 9.90 Å². The van der Waals surface area contributed by atoms with Crippen molar-refractivity contribution < 1.29 is 14.6 Å². The molecule has 0 fully saturated rings. The van der Waals surface area contributed by atoms with E-state index in [0.717, 1.165) is 0 Å². The molecule has 0 saturated carbocycles. The molecule has 0 atom stereocenters. The number of nitrogens with two attached hydrogens (primary N) is 1. The van der Waals surface area contributed by atoms with E-state index in [0.29, 0.717) is 17.9 Å². The molecule has 25 heavy (non-hydrogen) atoms. The van der Waals surface area contributed by atoms with Gasteiger partial charge in [0.2, 0.25) is 0 Å². The van der Waals surface area contributed by atoms with Gasteiger partial charge in [0.15, 0.2) is 5.82 Å². The number of pyridine rings is 1. The van der Waals surface area contributed by atoms with Gasteiger partial charge in [-0.05, 0) is 38.4 Å². The maximum atomic E-state index is 11.6. The quantitative estimate of drug-likeness (QED) is 0.692. The number of nitrogens with zero attached hydrogens (tertiary/aromatic N) is 4. The van der Waals surface area contributed by atoms with E-state index >= 15 is 0 Å². The molecular weight excluding hydrogens is 324 g/mol. The second-order valence-corrected chi connectivity index (χ2v) is 5.35. The fraction of sp³-hybridized carbons (Fsp3) is 0.250. The Labute approximate surface area is 145 Å². The number of aromatic nitrogens is 1. The third-order valence-corrected chi connectivity index (χ3v) is 3.05. The normalized spacial score (nSPS) is 11.0. The first-order valence-electron chi connectivity index (χ1n) is 7.50. The van der Waals surface area contributed by atoms with Crippen molar-refractivity contribution in [3.8, 4) is 5.75 Å².